The van der Waals surface area contributed by atoms with Crippen LogP contribution >= 0.6 is 0 Å². The third kappa shape index (κ3) is 3.96. The molecule has 2 rings (SSSR count). The molecule has 0 atom stereocenters. The number of nitrogens with zero attached hydrogens (tertiary/aromatic N) is 1. The van der Waals surface area contributed by atoms with Gasteiger partial charge in [0.2, 0.25) is 0 Å². The van der Waals surface area contributed by atoms with E-state index in [9.17, 15) is 0 Å². The number of rotatable bonds is 4. The number of likely N-dealkylation sites (tertiary alicyclic amines) is 1. The Morgan fingerprint density at radius 1 is 0.944 bits per heavy atom. The van der Waals surface area contributed by atoms with Gasteiger partial charge in [-0.25, -0.2) is 0 Å². The predicted octanol–water partition coefficient (Wildman–Crippen LogP) is 3.12. The Hall–Kier alpha value is -0.0800. The fourth-order valence-electron chi connectivity index (χ4n) is 3.82. The summed E-state index contributed by atoms with van der Waals surface area (Å²) in [6.07, 6.45) is 8.46. The molecule has 106 valence electrons. The molecule has 2 fully saturated rings. The maximum absolute atomic E-state index is 5.77. The standard InChI is InChI=1S/C16H32N2/c1-13(2)16-7-9-18(10-8-16)12-15-5-3-14(11-17)4-6-15/h13-16H,3-12,17H2,1-2H3. The molecule has 2 heteroatoms. The Bertz CT molecular complexity index is 223. The van der Waals surface area contributed by atoms with E-state index >= 15 is 0 Å². The van der Waals surface area contributed by atoms with Crippen molar-refractivity contribution in [1.82, 2.24) is 4.90 Å². The highest BCUT2D eigenvalue weighted by Gasteiger charge is 2.25. The van der Waals surface area contributed by atoms with Crippen LogP contribution in [-0.4, -0.2) is 31.1 Å². The molecule has 1 heterocycles. The highest BCUT2D eigenvalue weighted by atomic mass is 15.1. The summed E-state index contributed by atoms with van der Waals surface area (Å²) in [6, 6.07) is 0. The topological polar surface area (TPSA) is 29.3 Å². The second kappa shape index (κ2) is 6.91. The predicted molar refractivity (Wildman–Crippen MR) is 78.5 cm³/mol. The van der Waals surface area contributed by atoms with E-state index in [4.69, 9.17) is 5.73 Å². The van der Waals surface area contributed by atoms with Crippen LogP contribution in [-0.2, 0) is 0 Å². The van der Waals surface area contributed by atoms with Crippen LogP contribution in [0.3, 0.4) is 0 Å². The molecule has 1 aliphatic carbocycles. The van der Waals surface area contributed by atoms with Crippen molar-refractivity contribution in [3.63, 3.8) is 0 Å². The van der Waals surface area contributed by atoms with Crippen molar-refractivity contribution >= 4 is 0 Å². The molecule has 1 saturated heterocycles. The molecule has 0 spiro atoms. The van der Waals surface area contributed by atoms with Gasteiger partial charge >= 0.3 is 0 Å². The van der Waals surface area contributed by atoms with Gasteiger partial charge in [-0.2, -0.15) is 0 Å². The first-order chi connectivity index (χ1) is 8.69. The van der Waals surface area contributed by atoms with Crippen molar-refractivity contribution < 1.29 is 0 Å². The van der Waals surface area contributed by atoms with Crippen molar-refractivity contribution in [2.45, 2.75) is 52.4 Å². The second-order valence-corrected chi connectivity index (χ2v) is 7.00. The summed E-state index contributed by atoms with van der Waals surface area (Å²) in [7, 11) is 0. The minimum absolute atomic E-state index is 0.827. The van der Waals surface area contributed by atoms with E-state index in [1.807, 2.05) is 0 Å². The summed E-state index contributed by atoms with van der Waals surface area (Å²) in [5, 5.41) is 0. The van der Waals surface area contributed by atoms with E-state index in [1.165, 1.54) is 58.2 Å². The molecular weight excluding hydrogens is 220 g/mol. The molecular formula is C16H32N2. The molecule has 0 radical (unpaired) electrons. The summed E-state index contributed by atoms with van der Waals surface area (Å²) in [5.74, 6) is 3.65. The molecule has 2 nitrogen and oxygen atoms in total. The normalized spacial score (nSPS) is 32.0. The Morgan fingerprint density at radius 3 is 2.00 bits per heavy atom. The second-order valence-electron chi connectivity index (χ2n) is 7.00. The monoisotopic (exact) mass is 252 g/mol. The van der Waals surface area contributed by atoms with Crippen LogP contribution in [0.4, 0.5) is 0 Å². The van der Waals surface area contributed by atoms with E-state index in [0.29, 0.717) is 0 Å². The Morgan fingerprint density at radius 2 is 1.50 bits per heavy atom. The van der Waals surface area contributed by atoms with Gasteiger partial charge in [-0.05, 0) is 81.8 Å². The molecule has 2 aliphatic rings. The van der Waals surface area contributed by atoms with Crippen molar-refractivity contribution in [3.05, 3.63) is 0 Å². The highest BCUT2D eigenvalue weighted by molar-refractivity contribution is 4.79. The molecule has 1 saturated carbocycles. The van der Waals surface area contributed by atoms with Gasteiger partial charge in [-0.15, -0.1) is 0 Å². The Labute approximate surface area is 113 Å². The largest absolute Gasteiger partial charge is 0.330 e. The van der Waals surface area contributed by atoms with Gasteiger partial charge in [0, 0.05) is 6.54 Å². The van der Waals surface area contributed by atoms with E-state index in [1.54, 1.807) is 0 Å². The van der Waals surface area contributed by atoms with E-state index in [0.717, 1.165) is 30.2 Å². The van der Waals surface area contributed by atoms with Gasteiger partial charge in [0.25, 0.3) is 0 Å². The van der Waals surface area contributed by atoms with E-state index < -0.39 is 0 Å². The van der Waals surface area contributed by atoms with Crippen molar-refractivity contribution in [2.24, 2.45) is 29.4 Å². The first-order valence-corrected chi connectivity index (χ1v) is 8.11. The van der Waals surface area contributed by atoms with Crippen molar-refractivity contribution in [2.75, 3.05) is 26.2 Å². The van der Waals surface area contributed by atoms with Gasteiger partial charge in [-0.3, -0.25) is 0 Å². The summed E-state index contributed by atoms with van der Waals surface area (Å²) in [4.78, 5) is 2.73. The summed E-state index contributed by atoms with van der Waals surface area (Å²) >= 11 is 0. The van der Waals surface area contributed by atoms with Gasteiger partial charge in [-0.1, -0.05) is 13.8 Å². The summed E-state index contributed by atoms with van der Waals surface area (Å²) < 4.78 is 0. The lowest BCUT2D eigenvalue weighted by Gasteiger charge is -2.37. The van der Waals surface area contributed by atoms with E-state index in [2.05, 4.69) is 18.7 Å². The van der Waals surface area contributed by atoms with Gasteiger partial charge in [0.1, 0.15) is 0 Å². The minimum atomic E-state index is 0.827. The molecule has 18 heavy (non-hydrogen) atoms. The molecule has 0 aromatic rings. The number of hydrogen-bond acceptors (Lipinski definition) is 2. The molecule has 0 amide bonds. The third-order valence-electron chi connectivity index (χ3n) is 5.39. The number of piperidine rings is 1. The first-order valence-electron chi connectivity index (χ1n) is 8.11. The average molecular weight is 252 g/mol. The zero-order valence-electron chi connectivity index (χ0n) is 12.4. The zero-order chi connectivity index (χ0) is 13.0. The van der Waals surface area contributed by atoms with Crippen LogP contribution in [0.25, 0.3) is 0 Å². The van der Waals surface area contributed by atoms with Crippen LogP contribution in [0.2, 0.25) is 0 Å². The zero-order valence-corrected chi connectivity index (χ0v) is 12.4. The third-order valence-corrected chi connectivity index (χ3v) is 5.39. The lowest BCUT2D eigenvalue weighted by atomic mass is 9.81. The maximum Gasteiger partial charge on any atom is 0.000966 e. The van der Waals surface area contributed by atoms with E-state index in [-0.39, 0.29) is 0 Å². The SMILES string of the molecule is CC(C)C1CCN(CC2CCC(CN)CC2)CC1. The fourth-order valence-corrected chi connectivity index (χ4v) is 3.82. The molecule has 0 bridgehead atoms. The van der Waals surface area contributed by atoms with Gasteiger partial charge in [0.05, 0.1) is 0 Å². The fraction of sp³-hybridized carbons (Fsp3) is 1.00. The first kappa shape index (κ1) is 14.3. The maximum atomic E-state index is 5.77. The molecule has 1 aliphatic heterocycles. The van der Waals surface area contributed by atoms with Crippen LogP contribution in [0, 0.1) is 23.7 Å². The van der Waals surface area contributed by atoms with Gasteiger partial charge < -0.3 is 10.6 Å². The van der Waals surface area contributed by atoms with Crippen LogP contribution in [0.5, 0.6) is 0 Å². The lowest BCUT2D eigenvalue weighted by molar-refractivity contribution is 0.122. The summed E-state index contributed by atoms with van der Waals surface area (Å²) in [6.45, 7) is 9.73. The summed E-state index contributed by atoms with van der Waals surface area (Å²) in [5.41, 5.74) is 5.77. The minimum Gasteiger partial charge on any atom is -0.330 e. The van der Waals surface area contributed by atoms with Crippen LogP contribution < -0.4 is 5.73 Å². The quantitative estimate of drug-likeness (QED) is 0.833. The van der Waals surface area contributed by atoms with Crippen molar-refractivity contribution in [1.29, 1.82) is 0 Å². The smallest absolute Gasteiger partial charge is 0.000966 e. The van der Waals surface area contributed by atoms with Gasteiger partial charge in [0.15, 0.2) is 0 Å². The number of hydrogen-bond donors (Lipinski definition) is 1. The molecule has 0 aromatic heterocycles. The average Bonchev–Trinajstić information content (AvgIpc) is 2.40. The Kier molecular flexibility index (Phi) is 5.50. The highest BCUT2D eigenvalue weighted by Crippen LogP contribution is 2.30. The molecule has 2 N–H and O–H groups in total. The van der Waals surface area contributed by atoms with Crippen molar-refractivity contribution in [3.8, 4) is 0 Å². The van der Waals surface area contributed by atoms with Crippen LogP contribution in [0.15, 0.2) is 0 Å². The lowest BCUT2D eigenvalue weighted by Crippen LogP contribution is -2.39. The Balaban J connectivity index is 1.66. The molecule has 0 aromatic carbocycles. The van der Waals surface area contributed by atoms with Crippen LogP contribution in [0.1, 0.15) is 52.4 Å². The molecule has 0 unspecified atom stereocenters. The number of nitrogens with two attached hydrogens (primary N) is 1.